The lowest BCUT2D eigenvalue weighted by molar-refractivity contribution is 0.314. The molecule has 0 amide bonds. The van der Waals surface area contributed by atoms with E-state index in [4.69, 9.17) is 11.6 Å². The van der Waals surface area contributed by atoms with Crippen molar-refractivity contribution in [1.29, 1.82) is 0 Å². The lowest BCUT2D eigenvalue weighted by Crippen LogP contribution is -2.14. The molecule has 0 bridgehead atoms. The van der Waals surface area contributed by atoms with Crippen molar-refractivity contribution < 1.29 is 0 Å². The van der Waals surface area contributed by atoms with Gasteiger partial charge in [-0.05, 0) is 38.0 Å². The molecule has 2 atom stereocenters. The Morgan fingerprint density at radius 2 is 2.23 bits per heavy atom. The Kier molecular flexibility index (Phi) is 4.87. The summed E-state index contributed by atoms with van der Waals surface area (Å²) in [5, 5.41) is 0. The van der Waals surface area contributed by atoms with Gasteiger partial charge in [-0.1, -0.05) is 31.4 Å². The Balaban J connectivity index is 2.40. The molecular weight excluding hydrogens is 180 g/mol. The van der Waals surface area contributed by atoms with E-state index in [1.54, 1.807) is 5.57 Å². The molecule has 13 heavy (non-hydrogen) atoms. The van der Waals surface area contributed by atoms with Gasteiger partial charge in [-0.25, -0.2) is 0 Å². The van der Waals surface area contributed by atoms with Crippen molar-refractivity contribution >= 4 is 11.6 Å². The lowest BCUT2D eigenvalue weighted by Gasteiger charge is -2.27. The summed E-state index contributed by atoms with van der Waals surface area (Å²) in [6, 6.07) is 0. The van der Waals surface area contributed by atoms with E-state index < -0.39 is 0 Å². The Morgan fingerprint density at radius 1 is 1.46 bits per heavy atom. The van der Waals surface area contributed by atoms with Crippen LogP contribution in [0.3, 0.4) is 0 Å². The van der Waals surface area contributed by atoms with E-state index in [2.05, 4.69) is 19.9 Å². The summed E-state index contributed by atoms with van der Waals surface area (Å²) in [6.45, 7) is 4.65. The third kappa shape index (κ3) is 3.72. The normalized spacial score (nSPS) is 30.5. The van der Waals surface area contributed by atoms with Crippen LogP contribution in [0, 0.1) is 11.8 Å². The van der Waals surface area contributed by atoms with Crippen LogP contribution in [0.2, 0.25) is 0 Å². The van der Waals surface area contributed by atoms with E-state index >= 15 is 0 Å². The molecule has 0 aromatic heterocycles. The van der Waals surface area contributed by atoms with Crippen LogP contribution in [-0.2, 0) is 0 Å². The van der Waals surface area contributed by atoms with Gasteiger partial charge in [0.1, 0.15) is 0 Å². The Morgan fingerprint density at radius 3 is 2.85 bits per heavy atom. The van der Waals surface area contributed by atoms with E-state index in [1.165, 1.54) is 25.7 Å². The third-order valence-corrected chi connectivity index (χ3v) is 3.37. The number of hydrogen-bond donors (Lipinski definition) is 0. The van der Waals surface area contributed by atoms with Gasteiger partial charge in [0.2, 0.25) is 0 Å². The van der Waals surface area contributed by atoms with Crippen LogP contribution in [0.5, 0.6) is 0 Å². The second-order valence-corrected chi connectivity index (χ2v) is 4.77. The molecule has 0 saturated heterocycles. The zero-order chi connectivity index (χ0) is 9.68. The van der Waals surface area contributed by atoms with Gasteiger partial charge < -0.3 is 0 Å². The van der Waals surface area contributed by atoms with Crippen molar-refractivity contribution in [2.24, 2.45) is 11.8 Å². The average molecular weight is 201 g/mol. The molecule has 76 valence electrons. The van der Waals surface area contributed by atoms with Gasteiger partial charge in [0.05, 0.1) is 0 Å². The van der Waals surface area contributed by atoms with Crippen molar-refractivity contribution in [2.45, 2.75) is 46.0 Å². The zero-order valence-corrected chi connectivity index (χ0v) is 9.61. The summed E-state index contributed by atoms with van der Waals surface area (Å²) < 4.78 is 0. The fraction of sp³-hybridized carbons (Fsp3) is 0.833. The van der Waals surface area contributed by atoms with Gasteiger partial charge >= 0.3 is 0 Å². The minimum Gasteiger partial charge on any atom is -0.126 e. The van der Waals surface area contributed by atoms with Gasteiger partial charge in [0.15, 0.2) is 0 Å². The molecule has 2 unspecified atom stereocenters. The number of hydrogen-bond acceptors (Lipinski definition) is 0. The zero-order valence-electron chi connectivity index (χ0n) is 8.85. The second-order valence-electron chi connectivity index (χ2n) is 4.39. The van der Waals surface area contributed by atoms with Gasteiger partial charge in [-0.15, -0.1) is 11.6 Å². The van der Waals surface area contributed by atoms with Crippen LogP contribution in [0.15, 0.2) is 11.6 Å². The molecule has 0 aliphatic heterocycles. The molecule has 0 radical (unpaired) electrons. The highest BCUT2D eigenvalue weighted by molar-refractivity contribution is 6.17. The molecular formula is C12H21Cl. The first-order chi connectivity index (χ1) is 6.24. The van der Waals surface area contributed by atoms with Crippen LogP contribution in [-0.4, -0.2) is 5.88 Å². The van der Waals surface area contributed by atoms with Crippen molar-refractivity contribution in [3.8, 4) is 0 Å². The van der Waals surface area contributed by atoms with Crippen LogP contribution >= 0.6 is 11.6 Å². The molecule has 1 fully saturated rings. The van der Waals surface area contributed by atoms with Crippen molar-refractivity contribution in [2.75, 3.05) is 5.88 Å². The molecule has 1 saturated carbocycles. The summed E-state index contributed by atoms with van der Waals surface area (Å²) in [7, 11) is 0. The van der Waals surface area contributed by atoms with Crippen molar-refractivity contribution in [3.63, 3.8) is 0 Å². The van der Waals surface area contributed by atoms with Gasteiger partial charge in [0, 0.05) is 5.88 Å². The second kappa shape index (κ2) is 5.70. The highest BCUT2D eigenvalue weighted by Crippen LogP contribution is 2.33. The Hall–Kier alpha value is 0.0300. The van der Waals surface area contributed by atoms with E-state index in [1.807, 2.05) is 0 Å². The maximum Gasteiger partial charge on any atom is 0.0258 e. The first kappa shape index (κ1) is 11.1. The number of halogens is 1. The molecule has 0 N–H and O–H groups in total. The highest BCUT2D eigenvalue weighted by Gasteiger charge is 2.19. The maximum atomic E-state index is 5.67. The molecule has 1 rings (SSSR count). The standard InChI is InChI=1S/C12H21Cl/c1-10-5-3-7-12(9-10)11(2)6-4-8-13/h6,10,12H,3-5,7-9H2,1-2H3. The Bertz CT molecular complexity index is 172. The third-order valence-electron chi connectivity index (χ3n) is 3.16. The van der Waals surface area contributed by atoms with Crippen LogP contribution in [0.1, 0.15) is 46.0 Å². The number of allylic oxidation sites excluding steroid dienone is 2. The molecule has 0 aromatic carbocycles. The summed E-state index contributed by atoms with van der Waals surface area (Å²) >= 11 is 5.67. The fourth-order valence-electron chi connectivity index (χ4n) is 2.30. The van der Waals surface area contributed by atoms with Crippen LogP contribution in [0.25, 0.3) is 0 Å². The van der Waals surface area contributed by atoms with Gasteiger partial charge in [-0.3, -0.25) is 0 Å². The summed E-state index contributed by atoms with van der Waals surface area (Å²) in [4.78, 5) is 0. The Labute approximate surface area is 87.4 Å². The van der Waals surface area contributed by atoms with E-state index in [0.717, 1.165) is 24.1 Å². The summed E-state index contributed by atoms with van der Waals surface area (Å²) in [5.74, 6) is 2.55. The van der Waals surface area contributed by atoms with Crippen molar-refractivity contribution in [1.82, 2.24) is 0 Å². The molecule has 0 spiro atoms. The van der Waals surface area contributed by atoms with Crippen LogP contribution in [0.4, 0.5) is 0 Å². The molecule has 0 nitrogen and oxygen atoms in total. The molecule has 1 aliphatic rings. The molecule has 0 aromatic rings. The molecule has 0 heterocycles. The first-order valence-corrected chi connectivity index (χ1v) is 6.00. The fourth-order valence-corrected chi connectivity index (χ4v) is 2.41. The quantitative estimate of drug-likeness (QED) is 0.468. The molecule has 1 aliphatic carbocycles. The van der Waals surface area contributed by atoms with Crippen LogP contribution < -0.4 is 0 Å². The first-order valence-electron chi connectivity index (χ1n) is 5.46. The van der Waals surface area contributed by atoms with Gasteiger partial charge in [-0.2, -0.15) is 0 Å². The smallest absolute Gasteiger partial charge is 0.0258 e. The van der Waals surface area contributed by atoms with E-state index in [9.17, 15) is 0 Å². The van der Waals surface area contributed by atoms with Gasteiger partial charge in [0.25, 0.3) is 0 Å². The van der Waals surface area contributed by atoms with E-state index in [0.29, 0.717) is 0 Å². The lowest BCUT2D eigenvalue weighted by atomic mass is 9.79. The highest BCUT2D eigenvalue weighted by atomic mass is 35.5. The largest absolute Gasteiger partial charge is 0.126 e. The predicted octanol–water partition coefficient (Wildman–Crippen LogP) is 4.39. The summed E-state index contributed by atoms with van der Waals surface area (Å²) in [6.07, 6.45) is 9.00. The predicted molar refractivity (Wildman–Crippen MR) is 60.2 cm³/mol. The number of rotatable bonds is 3. The van der Waals surface area contributed by atoms with Crippen molar-refractivity contribution in [3.05, 3.63) is 11.6 Å². The maximum absolute atomic E-state index is 5.67. The average Bonchev–Trinajstić information content (AvgIpc) is 2.14. The SMILES string of the molecule is CC(=CCCCl)C1CCCC(C)C1. The monoisotopic (exact) mass is 200 g/mol. The minimum atomic E-state index is 0.764. The van der Waals surface area contributed by atoms with E-state index in [-0.39, 0.29) is 0 Å². The molecule has 1 heteroatoms. The topological polar surface area (TPSA) is 0 Å². The summed E-state index contributed by atoms with van der Waals surface area (Å²) in [5.41, 5.74) is 1.58. The minimum absolute atomic E-state index is 0.764. The number of alkyl halides is 1.